The number of fused-ring (bicyclic) bond motifs is 1. The molecule has 1 aliphatic heterocycles. The number of ether oxygens (including phenoxy) is 1. The molecule has 4 rings (SSSR count). The molecule has 3 nitrogen and oxygen atoms in total. The molecule has 140 valence electrons. The fourth-order valence-corrected chi connectivity index (χ4v) is 4.86. The molecule has 3 aromatic carbocycles. The average molecular weight is 388 g/mol. The van der Waals surface area contributed by atoms with Gasteiger partial charge in [0.1, 0.15) is 10.7 Å². The summed E-state index contributed by atoms with van der Waals surface area (Å²) < 4.78 is 19.2. The third-order valence-electron chi connectivity index (χ3n) is 4.51. The van der Waals surface area contributed by atoms with Crippen molar-refractivity contribution >= 4 is 22.2 Å². The molecule has 1 unspecified atom stereocenters. The molecule has 1 heterocycles. The van der Waals surface area contributed by atoms with Gasteiger partial charge < -0.3 is 4.74 Å². The molecule has 0 aromatic heterocycles. The number of carbonyl (C=O) groups excluding carboxylic acids is 1. The molecule has 3 aromatic rings. The van der Waals surface area contributed by atoms with Crippen LogP contribution in [0.3, 0.4) is 0 Å². The highest BCUT2D eigenvalue weighted by molar-refractivity contribution is 7.90. The molecule has 4 heteroatoms. The summed E-state index contributed by atoms with van der Waals surface area (Å²) in [4.78, 5) is 14.2. The molecule has 0 radical (unpaired) electrons. The number of ketones is 1. The van der Waals surface area contributed by atoms with E-state index >= 15 is 0 Å². The zero-order chi connectivity index (χ0) is 19.7. The number of hydrogen-bond acceptors (Lipinski definition) is 3. The Labute approximate surface area is 167 Å². The Morgan fingerprint density at radius 2 is 1.54 bits per heavy atom. The lowest BCUT2D eigenvalue weighted by Gasteiger charge is -2.11. The van der Waals surface area contributed by atoms with Crippen LogP contribution in [0.4, 0.5) is 0 Å². The molecule has 28 heavy (non-hydrogen) atoms. The maximum absolute atomic E-state index is 13.4. The number of allylic oxidation sites excluding steroid dienone is 1. The van der Waals surface area contributed by atoms with E-state index in [1.807, 2.05) is 74.5 Å². The van der Waals surface area contributed by atoms with E-state index in [-0.39, 0.29) is 11.9 Å². The van der Waals surface area contributed by atoms with Crippen LogP contribution in [0.2, 0.25) is 0 Å². The molecular weight excluding hydrogens is 368 g/mol. The minimum absolute atomic E-state index is 0.0138. The summed E-state index contributed by atoms with van der Waals surface area (Å²) >= 11 is 0. The van der Waals surface area contributed by atoms with E-state index < -0.39 is 10.8 Å². The van der Waals surface area contributed by atoms with Gasteiger partial charge in [-0.1, -0.05) is 60.7 Å². The summed E-state index contributed by atoms with van der Waals surface area (Å²) in [5.74, 6) is 0.447. The zero-order valence-electron chi connectivity index (χ0n) is 15.7. The highest BCUT2D eigenvalue weighted by Crippen LogP contribution is 2.43. The van der Waals surface area contributed by atoms with Gasteiger partial charge in [0.25, 0.3) is 0 Å². The summed E-state index contributed by atoms with van der Waals surface area (Å²) in [5, 5.41) is 0. The molecule has 0 amide bonds. The van der Waals surface area contributed by atoms with Crippen molar-refractivity contribution in [2.45, 2.75) is 24.8 Å². The second-order valence-electron chi connectivity index (χ2n) is 6.86. The highest BCUT2D eigenvalue weighted by Gasteiger charge is 2.34. The van der Waals surface area contributed by atoms with Crippen LogP contribution < -0.4 is 4.74 Å². The minimum Gasteiger partial charge on any atom is -0.491 e. The van der Waals surface area contributed by atoms with Crippen molar-refractivity contribution in [2.75, 3.05) is 0 Å². The van der Waals surface area contributed by atoms with Gasteiger partial charge in [0.15, 0.2) is 0 Å². The van der Waals surface area contributed by atoms with Gasteiger partial charge in [-0.15, -0.1) is 0 Å². The molecular formula is C24H20O3S. The van der Waals surface area contributed by atoms with E-state index in [0.717, 1.165) is 16.7 Å². The maximum Gasteiger partial charge on any atom is 0.202 e. The monoisotopic (exact) mass is 388 g/mol. The Kier molecular flexibility index (Phi) is 4.97. The fraction of sp³-hybridized carbons (Fsp3) is 0.125. The minimum atomic E-state index is -1.57. The van der Waals surface area contributed by atoms with Crippen molar-refractivity contribution in [3.05, 3.63) is 100 Å². The smallest absolute Gasteiger partial charge is 0.202 e. The molecule has 0 N–H and O–H groups in total. The summed E-state index contributed by atoms with van der Waals surface area (Å²) in [6, 6.07) is 24.2. The lowest BCUT2D eigenvalue weighted by atomic mass is 9.95. The normalized spacial score (nSPS) is 15.6. The third kappa shape index (κ3) is 3.32. The molecule has 0 spiro atoms. The lowest BCUT2D eigenvalue weighted by molar-refractivity contribution is 0.104. The van der Waals surface area contributed by atoms with Gasteiger partial charge in [-0.3, -0.25) is 4.79 Å². The second kappa shape index (κ2) is 7.56. The predicted octanol–water partition coefficient (Wildman–Crippen LogP) is 5.24. The third-order valence-corrected chi connectivity index (χ3v) is 6.01. The SMILES string of the molecule is CC(C)Oc1ccc2c(c1)S(=O)C(C(=O)c1ccccc1)=C2c1ccccc1. The summed E-state index contributed by atoms with van der Waals surface area (Å²) in [6.45, 7) is 3.89. The largest absolute Gasteiger partial charge is 0.491 e. The predicted molar refractivity (Wildman–Crippen MR) is 112 cm³/mol. The average Bonchev–Trinajstić information content (AvgIpc) is 3.00. The summed E-state index contributed by atoms with van der Waals surface area (Å²) in [5.41, 5.74) is 2.97. The topological polar surface area (TPSA) is 43.4 Å². The first-order valence-electron chi connectivity index (χ1n) is 9.18. The standard InChI is InChI=1S/C24H20O3S/c1-16(2)27-19-13-14-20-21(15-19)28(26)24(22(20)17-9-5-3-6-10-17)23(25)18-11-7-4-8-12-18/h3-16H,1-2H3. The van der Waals surface area contributed by atoms with Gasteiger partial charge in [-0.2, -0.15) is 0 Å². The second-order valence-corrected chi connectivity index (χ2v) is 8.24. The Morgan fingerprint density at radius 1 is 0.893 bits per heavy atom. The van der Waals surface area contributed by atoms with Crippen LogP contribution in [0.5, 0.6) is 5.75 Å². The Morgan fingerprint density at radius 3 is 2.18 bits per heavy atom. The van der Waals surface area contributed by atoms with Crippen molar-refractivity contribution in [1.29, 1.82) is 0 Å². The van der Waals surface area contributed by atoms with Crippen molar-refractivity contribution < 1.29 is 13.7 Å². The highest BCUT2D eigenvalue weighted by atomic mass is 32.2. The first-order chi connectivity index (χ1) is 13.6. The van der Waals surface area contributed by atoms with Gasteiger partial charge in [0, 0.05) is 16.7 Å². The molecule has 1 atom stereocenters. The van der Waals surface area contributed by atoms with Gasteiger partial charge in [0.2, 0.25) is 5.78 Å². The van der Waals surface area contributed by atoms with Crippen LogP contribution in [-0.2, 0) is 10.8 Å². The van der Waals surface area contributed by atoms with Gasteiger partial charge in [-0.25, -0.2) is 4.21 Å². The number of hydrogen-bond donors (Lipinski definition) is 0. The van der Waals surface area contributed by atoms with E-state index in [9.17, 15) is 9.00 Å². The fourth-order valence-electron chi connectivity index (χ4n) is 3.34. The van der Waals surface area contributed by atoms with E-state index in [1.165, 1.54) is 0 Å². The molecule has 0 bridgehead atoms. The number of rotatable bonds is 5. The van der Waals surface area contributed by atoms with Crippen molar-refractivity contribution in [3.8, 4) is 5.75 Å². The van der Waals surface area contributed by atoms with Crippen LogP contribution in [0.15, 0.2) is 88.7 Å². The van der Waals surface area contributed by atoms with Gasteiger partial charge >= 0.3 is 0 Å². The van der Waals surface area contributed by atoms with E-state index in [0.29, 0.717) is 21.1 Å². The van der Waals surface area contributed by atoms with Crippen LogP contribution in [0, 0.1) is 0 Å². The van der Waals surface area contributed by atoms with Crippen LogP contribution in [0.1, 0.15) is 35.3 Å². The molecule has 1 aliphatic rings. The van der Waals surface area contributed by atoms with Gasteiger partial charge in [0.05, 0.1) is 21.8 Å². The van der Waals surface area contributed by atoms with Gasteiger partial charge in [-0.05, 0) is 37.6 Å². The zero-order valence-corrected chi connectivity index (χ0v) is 16.5. The first-order valence-corrected chi connectivity index (χ1v) is 10.3. The van der Waals surface area contributed by atoms with Crippen LogP contribution in [-0.4, -0.2) is 16.1 Å². The summed E-state index contributed by atoms with van der Waals surface area (Å²) in [6.07, 6.45) is 0.0138. The van der Waals surface area contributed by atoms with Crippen molar-refractivity contribution in [2.24, 2.45) is 0 Å². The lowest BCUT2D eigenvalue weighted by Crippen LogP contribution is -2.08. The van der Waals surface area contributed by atoms with Crippen molar-refractivity contribution in [1.82, 2.24) is 0 Å². The van der Waals surface area contributed by atoms with Crippen LogP contribution in [0.25, 0.3) is 5.57 Å². The van der Waals surface area contributed by atoms with E-state index in [2.05, 4.69) is 0 Å². The number of benzene rings is 3. The van der Waals surface area contributed by atoms with E-state index in [4.69, 9.17) is 4.74 Å². The van der Waals surface area contributed by atoms with Crippen LogP contribution >= 0.6 is 0 Å². The summed E-state index contributed by atoms with van der Waals surface area (Å²) in [7, 11) is -1.57. The number of Topliss-reactive ketones (excluding diaryl/α,β-unsaturated/α-hetero) is 1. The Hall–Kier alpha value is -2.98. The first kappa shape index (κ1) is 18.4. The molecule has 0 saturated carbocycles. The molecule has 0 saturated heterocycles. The Bertz CT molecular complexity index is 1080. The quantitative estimate of drug-likeness (QED) is 0.562. The van der Waals surface area contributed by atoms with E-state index in [1.54, 1.807) is 18.2 Å². The number of carbonyl (C=O) groups is 1. The molecule has 0 aliphatic carbocycles. The Balaban J connectivity index is 1.90. The maximum atomic E-state index is 13.4. The molecule has 0 fully saturated rings. The van der Waals surface area contributed by atoms with Crippen molar-refractivity contribution in [3.63, 3.8) is 0 Å².